The Balaban J connectivity index is 1.70. The number of rotatable bonds is 5. The maximum Gasteiger partial charge on any atom is 0.0601 e. The molecule has 0 unspecified atom stereocenters. The summed E-state index contributed by atoms with van der Waals surface area (Å²) >= 11 is 1.92. The minimum Gasteiger partial charge on any atom is -0.381 e. The second-order valence-electron chi connectivity index (χ2n) is 4.13. The fourth-order valence-electron chi connectivity index (χ4n) is 1.88. The van der Waals surface area contributed by atoms with E-state index in [1.54, 1.807) is 7.11 Å². The van der Waals surface area contributed by atoms with Gasteiger partial charge in [-0.25, -0.2) is 0 Å². The highest BCUT2D eigenvalue weighted by molar-refractivity contribution is 7.11. The second kappa shape index (κ2) is 5.10. The van der Waals surface area contributed by atoms with Crippen LogP contribution in [0.4, 0.5) is 0 Å². The van der Waals surface area contributed by atoms with E-state index in [-0.39, 0.29) is 0 Å². The van der Waals surface area contributed by atoms with E-state index in [1.807, 2.05) is 11.3 Å². The van der Waals surface area contributed by atoms with Gasteiger partial charge in [0.25, 0.3) is 0 Å². The minimum absolute atomic E-state index is 0.497. The van der Waals surface area contributed by atoms with Crippen molar-refractivity contribution in [2.45, 2.75) is 44.9 Å². The van der Waals surface area contributed by atoms with Crippen molar-refractivity contribution in [2.75, 3.05) is 7.11 Å². The van der Waals surface area contributed by atoms with Gasteiger partial charge in [0.05, 0.1) is 6.10 Å². The molecule has 2 rings (SSSR count). The molecule has 0 saturated heterocycles. The number of hydrogen-bond acceptors (Lipinski definition) is 3. The Bertz CT molecular complexity index is 304. The van der Waals surface area contributed by atoms with Crippen molar-refractivity contribution in [3.05, 3.63) is 21.9 Å². The molecule has 0 aliphatic heterocycles. The molecule has 0 atom stereocenters. The van der Waals surface area contributed by atoms with Crippen LogP contribution in [0.25, 0.3) is 0 Å². The van der Waals surface area contributed by atoms with Gasteiger partial charge in [-0.1, -0.05) is 6.92 Å². The average Bonchev–Trinajstić information content (AvgIpc) is 2.64. The number of nitrogens with one attached hydrogen (secondary N) is 1. The molecule has 0 bridgehead atoms. The molecule has 84 valence electrons. The summed E-state index contributed by atoms with van der Waals surface area (Å²) < 4.78 is 5.25. The van der Waals surface area contributed by atoms with Gasteiger partial charge >= 0.3 is 0 Å². The van der Waals surface area contributed by atoms with Gasteiger partial charge in [-0.05, 0) is 31.4 Å². The predicted octanol–water partition coefficient (Wildman–Crippen LogP) is 2.58. The van der Waals surface area contributed by atoms with Gasteiger partial charge in [0, 0.05) is 29.5 Å². The quantitative estimate of drug-likeness (QED) is 0.831. The number of ether oxygens (including phenoxy) is 1. The van der Waals surface area contributed by atoms with Crippen LogP contribution in [-0.4, -0.2) is 19.3 Å². The lowest BCUT2D eigenvalue weighted by atomic mass is 9.89. The highest BCUT2D eigenvalue weighted by Crippen LogP contribution is 2.23. The van der Waals surface area contributed by atoms with Crippen LogP contribution in [0.3, 0.4) is 0 Å². The molecule has 0 amide bonds. The monoisotopic (exact) mass is 225 g/mol. The summed E-state index contributed by atoms with van der Waals surface area (Å²) in [5.74, 6) is 0. The van der Waals surface area contributed by atoms with E-state index in [1.165, 1.54) is 22.6 Å². The zero-order valence-corrected chi connectivity index (χ0v) is 10.3. The van der Waals surface area contributed by atoms with Gasteiger partial charge in [0.15, 0.2) is 0 Å². The molecular formula is C12H19NOS. The van der Waals surface area contributed by atoms with Crippen LogP contribution in [0.1, 0.15) is 29.5 Å². The Kier molecular flexibility index (Phi) is 3.78. The van der Waals surface area contributed by atoms with Crippen LogP contribution in [0.2, 0.25) is 0 Å². The fourth-order valence-corrected chi connectivity index (χ4v) is 2.79. The molecule has 2 nitrogen and oxygen atoms in total. The van der Waals surface area contributed by atoms with E-state index in [0.717, 1.165) is 13.0 Å². The SMILES string of the molecule is CCc1ccc(CNC2CC(OC)C2)s1. The van der Waals surface area contributed by atoms with Gasteiger partial charge in [0.1, 0.15) is 0 Å². The fraction of sp³-hybridized carbons (Fsp3) is 0.667. The van der Waals surface area contributed by atoms with Crippen LogP contribution in [0, 0.1) is 0 Å². The first-order valence-electron chi connectivity index (χ1n) is 5.65. The van der Waals surface area contributed by atoms with E-state index < -0.39 is 0 Å². The molecule has 0 spiro atoms. The standard InChI is InChI=1S/C12H19NOS/c1-3-11-4-5-12(15-11)8-13-9-6-10(7-9)14-2/h4-5,9-10,13H,3,6-8H2,1-2H3. The van der Waals surface area contributed by atoms with Gasteiger partial charge in [0.2, 0.25) is 0 Å². The maximum atomic E-state index is 5.25. The molecule has 0 radical (unpaired) electrons. The van der Waals surface area contributed by atoms with Gasteiger partial charge in [-0.3, -0.25) is 0 Å². The highest BCUT2D eigenvalue weighted by atomic mass is 32.1. The van der Waals surface area contributed by atoms with E-state index in [2.05, 4.69) is 24.4 Å². The zero-order chi connectivity index (χ0) is 10.7. The van der Waals surface area contributed by atoms with Crippen LogP contribution >= 0.6 is 11.3 Å². The molecular weight excluding hydrogens is 206 g/mol. The molecule has 15 heavy (non-hydrogen) atoms. The first-order valence-corrected chi connectivity index (χ1v) is 6.47. The summed E-state index contributed by atoms with van der Waals surface area (Å²) in [5, 5.41) is 3.57. The Hall–Kier alpha value is -0.380. The zero-order valence-electron chi connectivity index (χ0n) is 9.45. The highest BCUT2D eigenvalue weighted by Gasteiger charge is 2.28. The van der Waals surface area contributed by atoms with Gasteiger partial charge in [-0.15, -0.1) is 11.3 Å². The lowest BCUT2D eigenvalue weighted by molar-refractivity contribution is 0.0170. The number of thiophene rings is 1. The van der Waals surface area contributed by atoms with Crippen molar-refractivity contribution in [3.63, 3.8) is 0 Å². The molecule has 0 aromatic carbocycles. The lowest BCUT2D eigenvalue weighted by Gasteiger charge is -2.34. The van der Waals surface area contributed by atoms with Gasteiger partial charge in [-0.2, -0.15) is 0 Å². The summed E-state index contributed by atoms with van der Waals surface area (Å²) in [4.78, 5) is 2.93. The predicted molar refractivity (Wildman–Crippen MR) is 64.4 cm³/mol. The van der Waals surface area contributed by atoms with Gasteiger partial charge < -0.3 is 10.1 Å². The number of hydrogen-bond donors (Lipinski definition) is 1. The summed E-state index contributed by atoms with van der Waals surface area (Å²) in [5.41, 5.74) is 0. The summed E-state index contributed by atoms with van der Waals surface area (Å²) in [7, 11) is 1.80. The molecule has 1 heterocycles. The third kappa shape index (κ3) is 2.80. The Morgan fingerprint density at radius 2 is 2.13 bits per heavy atom. The molecule has 1 aromatic heterocycles. The average molecular weight is 225 g/mol. The number of aryl methyl sites for hydroxylation is 1. The molecule has 3 heteroatoms. The molecule has 1 aromatic rings. The van der Waals surface area contributed by atoms with E-state index in [0.29, 0.717) is 12.1 Å². The van der Waals surface area contributed by atoms with Crippen molar-refractivity contribution in [1.29, 1.82) is 0 Å². The van der Waals surface area contributed by atoms with E-state index in [9.17, 15) is 0 Å². The number of methoxy groups -OCH3 is 1. The molecule has 1 N–H and O–H groups in total. The molecule has 1 fully saturated rings. The summed E-state index contributed by atoms with van der Waals surface area (Å²) in [6.07, 6.45) is 3.99. The van der Waals surface area contributed by atoms with Crippen LogP contribution in [0.5, 0.6) is 0 Å². The molecule has 1 aliphatic carbocycles. The maximum absolute atomic E-state index is 5.25. The summed E-state index contributed by atoms with van der Waals surface area (Å²) in [6, 6.07) is 5.14. The molecule has 1 aliphatic rings. The van der Waals surface area contributed by atoms with E-state index >= 15 is 0 Å². The molecule has 1 saturated carbocycles. The van der Waals surface area contributed by atoms with Crippen LogP contribution in [-0.2, 0) is 17.7 Å². The summed E-state index contributed by atoms with van der Waals surface area (Å²) in [6.45, 7) is 3.23. The van der Waals surface area contributed by atoms with E-state index in [4.69, 9.17) is 4.74 Å². The largest absolute Gasteiger partial charge is 0.381 e. The normalized spacial score (nSPS) is 25.2. The van der Waals surface area contributed by atoms with Crippen molar-refractivity contribution >= 4 is 11.3 Å². The van der Waals surface area contributed by atoms with Crippen molar-refractivity contribution in [2.24, 2.45) is 0 Å². The first-order chi connectivity index (χ1) is 7.31. The third-order valence-corrected chi connectivity index (χ3v) is 4.29. The van der Waals surface area contributed by atoms with Crippen molar-refractivity contribution in [3.8, 4) is 0 Å². The smallest absolute Gasteiger partial charge is 0.0601 e. The van der Waals surface area contributed by atoms with Crippen LogP contribution in [0.15, 0.2) is 12.1 Å². The Morgan fingerprint density at radius 1 is 1.40 bits per heavy atom. The third-order valence-electron chi connectivity index (χ3n) is 3.06. The first kappa shape index (κ1) is 11.1. The lowest BCUT2D eigenvalue weighted by Crippen LogP contribution is -2.44. The topological polar surface area (TPSA) is 21.3 Å². The Morgan fingerprint density at radius 3 is 2.73 bits per heavy atom. The van der Waals surface area contributed by atoms with Crippen molar-refractivity contribution < 1.29 is 4.74 Å². The Labute approximate surface area is 95.6 Å². The van der Waals surface area contributed by atoms with Crippen LogP contribution < -0.4 is 5.32 Å². The second-order valence-corrected chi connectivity index (χ2v) is 5.38. The van der Waals surface area contributed by atoms with Crippen molar-refractivity contribution in [1.82, 2.24) is 5.32 Å². The minimum atomic E-state index is 0.497.